The molecule has 8 heterocycles. The first-order valence-electron chi connectivity index (χ1n) is 19.8. The molecule has 7 N–H and O–H groups in total. The number of imide groups is 1. The maximum Gasteiger partial charge on any atom is 0.425 e. The Morgan fingerprint density at radius 3 is 1.72 bits per heavy atom. The molecule has 0 atom stereocenters. The van der Waals surface area contributed by atoms with Gasteiger partial charge in [0, 0.05) is 60.4 Å². The quantitative estimate of drug-likeness (QED) is 0.121. The zero-order chi connectivity index (χ0) is 42.2. The van der Waals surface area contributed by atoms with Gasteiger partial charge < -0.3 is 36.2 Å². The van der Waals surface area contributed by atoms with Crippen molar-refractivity contribution < 1.29 is 19.4 Å². The standard InChI is InChI=1S/C26H31N7O4.C16H15N7/c1-25(2,3)13-26(4,5)37-24(36)33(23(34)35)22-19-16(12-32(15-6-7-15)21(19)29-14-30-22)18-9-8-17(27)20-28-10-11-31(18)20;17-11-3-4-12(22-6-5-19-15(11)22)10-7-23(9-1-2-9)16-13(10)14(18)20-8-21-16/h8-12,14-15H,6-7,13,27H2,1-5H3,(H,34,35);3-9H,1-2,17H2,(H2,18,20,21). The lowest BCUT2D eigenvalue weighted by Gasteiger charge is -2.33. The number of fused-ring (bicyclic) bond motifs is 4. The molecule has 2 fully saturated rings. The fourth-order valence-electron chi connectivity index (χ4n) is 8.36. The molecule has 18 nitrogen and oxygen atoms in total. The number of imidazole rings is 2. The Hall–Kier alpha value is -7.24. The monoisotopic (exact) mass is 810 g/mol. The highest BCUT2D eigenvalue weighted by atomic mass is 16.6. The number of nitrogens with zero attached hydrogens (tertiary/aromatic N) is 11. The summed E-state index contributed by atoms with van der Waals surface area (Å²) in [7, 11) is 0. The molecule has 8 aromatic heterocycles. The number of pyridine rings is 2. The summed E-state index contributed by atoms with van der Waals surface area (Å²) in [4.78, 5) is 52.5. The number of ether oxygens (including phenoxy) is 1. The number of hydrogen-bond acceptors (Lipinski definition) is 12. The molecule has 0 unspecified atom stereocenters. The minimum atomic E-state index is -1.49. The van der Waals surface area contributed by atoms with Crippen LogP contribution in [0, 0.1) is 5.41 Å². The Bertz CT molecular complexity index is 2980. The van der Waals surface area contributed by atoms with Gasteiger partial charge in [-0.05, 0) is 75.6 Å². The third-order valence-corrected chi connectivity index (χ3v) is 10.7. The van der Waals surface area contributed by atoms with E-state index in [1.807, 2.05) is 64.7 Å². The van der Waals surface area contributed by atoms with Crippen LogP contribution in [-0.4, -0.2) is 70.7 Å². The molecule has 0 bridgehead atoms. The average molecular weight is 811 g/mol. The Balaban J connectivity index is 0.000000171. The molecule has 8 aromatic rings. The minimum Gasteiger partial charge on any atom is -0.464 e. The Morgan fingerprint density at radius 2 is 1.22 bits per heavy atom. The summed E-state index contributed by atoms with van der Waals surface area (Å²) in [5, 5.41) is 11.5. The van der Waals surface area contributed by atoms with Crippen LogP contribution in [0.3, 0.4) is 0 Å². The number of aromatic nitrogens is 10. The lowest BCUT2D eigenvalue weighted by Crippen LogP contribution is -2.43. The first kappa shape index (κ1) is 38.3. The van der Waals surface area contributed by atoms with E-state index in [9.17, 15) is 14.7 Å². The van der Waals surface area contributed by atoms with Gasteiger partial charge in [-0.3, -0.25) is 8.80 Å². The van der Waals surface area contributed by atoms with Crippen LogP contribution in [0.25, 0.3) is 55.9 Å². The van der Waals surface area contributed by atoms with Crippen molar-refractivity contribution in [1.82, 2.24) is 47.8 Å². The van der Waals surface area contributed by atoms with Gasteiger partial charge in [0.1, 0.15) is 35.4 Å². The third kappa shape index (κ3) is 6.82. The number of amides is 2. The van der Waals surface area contributed by atoms with Gasteiger partial charge in [0.2, 0.25) is 0 Å². The number of rotatable bonds is 7. The van der Waals surface area contributed by atoms with Gasteiger partial charge in [-0.1, -0.05) is 20.8 Å². The number of carbonyl (C=O) groups excluding carboxylic acids is 1. The van der Waals surface area contributed by atoms with Crippen LogP contribution in [0.5, 0.6) is 0 Å². The van der Waals surface area contributed by atoms with Crippen molar-refractivity contribution in [3.05, 3.63) is 74.1 Å². The van der Waals surface area contributed by atoms with E-state index in [4.69, 9.17) is 21.9 Å². The number of carbonyl (C=O) groups is 2. The summed E-state index contributed by atoms with van der Waals surface area (Å²) >= 11 is 0. The number of nitrogens with two attached hydrogens (primary N) is 3. The van der Waals surface area contributed by atoms with Crippen molar-refractivity contribution in [2.45, 2.75) is 84.4 Å². The lowest BCUT2D eigenvalue weighted by molar-refractivity contribution is 0.0145. The largest absolute Gasteiger partial charge is 0.464 e. The molecule has 18 heteroatoms. The Kier molecular flexibility index (Phi) is 8.90. The van der Waals surface area contributed by atoms with Gasteiger partial charge in [-0.2, -0.15) is 4.90 Å². The fraction of sp³-hybridized carbons (Fsp3) is 0.333. The molecule has 0 aliphatic heterocycles. The van der Waals surface area contributed by atoms with Crippen LogP contribution >= 0.6 is 0 Å². The van der Waals surface area contributed by atoms with E-state index < -0.39 is 17.8 Å². The summed E-state index contributed by atoms with van der Waals surface area (Å²) in [6.45, 7) is 9.63. The van der Waals surface area contributed by atoms with Crippen LogP contribution in [0.2, 0.25) is 0 Å². The molecule has 10 rings (SSSR count). The zero-order valence-corrected chi connectivity index (χ0v) is 33.9. The predicted octanol–water partition coefficient (Wildman–Crippen LogP) is 7.74. The molecule has 2 saturated carbocycles. The van der Waals surface area contributed by atoms with Crippen molar-refractivity contribution in [3.63, 3.8) is 0 Å². The molecule has 0 spiro atoms. The minimum absolute atomic E-state index is 0.0615. The maximum atomic E-state index is 13.4. The number of carboxylic acid groups (broad SMARTS) is 1. The lowest BCUT2D eigenvalue weighted by atomic mass is 9.84. The van der Waals surface area contributed by atoms with Gasteiger partial charge >= 0.3 is 12.2 Å². The summed E-state index contributed by atoms with van der Waals surface area (Å²) in [6.07, 6.45) is 16.3. The van der Waals surface area contributed by atoms with Gasteiger partial charge in [-0.25, -0.2) is 39.5 Å². The highest BCUT2D eigenvalue weighted by Gasteiger charge is 2.37. The predicted molar refractivity (Wildman–Crippen MR) is 228 cm³/mol. The first-order chi connectivity index (χ1) is 28.6. The van der Waals surface area contributed by atoms with Crippen molar-refractivity contribution in [1.29, 1.82) is 0 Å². The van der Waals surface area contributed by atoms with Gasteiger partial charge in [0.25, 0.3) is 0 Å². The van der Waals surface area contributed by atoms with Gasteiger partial charge in [0.15, 0.2) is 17.1 Å². The molecule has 0 aromatic carbocycles. The highest BCUT2D eigenvalue weighted by Crippen LogP contribution is 2.44. The van der Waals surface area contributed by atoms with Crippen LogP contribution in [0.4, 0.5) is 32.6 Å². The molecule has 2 aliphatic carbocycles. The number of nitrogen functional groups attached to an aromatic ring is 3. The molecule has 308 valence electrons. The van der Waals surface area contributed by atoms with Crippen LogP contribution < -0.4 is 22.1 Å². The molecule has 2 aliphatic rings. The van der Waals surface area contributed by atoms with Crippen molar-refractivity contribution in [3.8, 4) is 22.5 Å². The number of anilines is 4. The second-order valence-electron chi connectivity index (χ2n) is 17.3. The maximum absolute atomic E-state index is 13.4. The van der Waals surface area contributed by atoms with E-state index in [-0.39, 0.29) is 17.3 Å². The number of hydrogen-bond donors (Lipinski definition) is 4. The molecule has 0 saturated heterocycles. The van der Waals surface area contributed by atoms with E-state index in [1.54, 1.807) is 38.5 Å². The fourth-order valence-corrected chi connectivity index (χ4v) is 8.36. The van der Waals surface area contributed by atoms with Crippen molar-refractivity contribution in [2.24, 2.45) is 5.41 Å². The molecule has 2 amide bonds. The van der Waals surface area contributed by atoms with Crippen molar-refractivity contribution >= 4 is 68.6 Å². The van der Waals surface area contributed by atoms with E-state index in [0.29, 0.717) is 62.5 Å². The Morgan fingerprint density at radius 1 is 0.717 bits per heavy atom. The average Bonchev–Trinajstić information content (AvgIpc) is 3.98. The van der Waals surface area contributed by atoms with E-state index in [2.05, 4.69) is 40.7 Å². The van der Waals surface area contributed by atoms with Gasteiger partial charge in [-0.15, -0.1) is 0 Å². The second-order valence-corrected chi connectivity index (χ2v) is 17.3. The highest BCUT2D eigenvalue weighted by molar-refractivity contribution is 6.15. The zero-order valence-electron chi connectivity index (χ0n) is 33.9. The van der Waals surface area contributed by atoms with Crippen LogP contribution in [0.1, 0.15) is 78.8 Å². The Labute approximate surface area is 343 Å². The molecule has 60 heavy (non-hydrogen) atoms. The van der Waals surface area contributed by atoms with Crippen LogP contribution in [0.15, 0.2) is 74.1 Å². The topological polar surface area (TPSA) is 241 Å². The first-order valence-corrected chi connectivity index (χ1v) is 19.8. The van der Waals surface area contributed by atoms with E-state index >= 15 is 0 Å². The second kappa shape index (κ2) is 14.0. The van der Waals surface area contributed by atoms with E-state index in [0.717, 1.165) is 40.8 Å². The summed E-state index contributed by atoms with van der Waals surface area (Å²) in [5.74, 6) is 0.433. The smallest absolute Gasteiger partial charge is 0.425 e. The molecular weight excluding hydrogens is 765 g/mol. The molecular formula is C42H46N14O4. The third-order valence-electron chi connectivity index (χ3n) is 10.7. The van der Waals surface area contributed by atoms with Crippen LogP contribution in [-0.2, 0) is 4.74 Å². The summed E-state index contributed by atoms with van der Waals surface area (Å²) < 4.78 is 13.8. The van der Waals surface area contributed by atoms with Crippen molar-refractivity contribution in [2.75, 3.05) is 22.1 Å². The SMILES string of the molecule is CC(C)(C)CC(C)(C)OC(=O)N(C(=O)O)c1ncnc2c1c(-c1ccc(N)c3nccn13)cn2C1CC1.Nc1ncnc2c1c(-c1ccc(N)c3nccn13)cn2C1CC1. The molecule has 0 radical (unpaired) electrons. The summed E-state index contributed by atoms with van der Waals surface area (Å²) in [5.41, 5.74) is 24.5. The normalized spacial score (nSPS) is 14.5. The van der Waals surface area contributed by atoms with E-state index in [1.165, 1.54) is 25.5 Å². The van der Waals surface area contributed by atoms with Gasteiger partial charge in [0.05, 0.1) is 33.5 Å². The summed E-state index contributed by atoms with van der Waals surface area (Å²) in [6, 6.07) is 8.19.